The molecule has 0 radical (unpaired) electrons. The molecule has 1 unspecified atom stereocenters. The summed E-state index contributed by atoms with van der Waals surface area (Å²) < 4.78 is 0. The number of benzene rings is 1. The monoisotopic (exact) mass is 253 g/mol. The molecule has 0 saturated carbocycles. The summed E-state index contributed by atoms with van der Waals surface area (Å²) in [7, 11) is 0. The molecule has 1 aliphatic rings. The van der Waals surface area contributed by atoms with Gasteiger partial charge < -0.3 is 10.6 Å². The van der Waals surface area contributed by atoms with Crippen LogP contribution < -0.4 is 10.6 Å². The minimum absolute atomic E-state index is 0.0399. The molecule has 1 aromatic heterocycles. The van der Waals surface area contributed by atoms with Crippen molar-refractivity contribution in [1.82, 2.24) is 15.6 Å². The van der Waals surface area contributed by atoms with Gasteiger partial charge in [-0.15, -0.1) is 0 Å². The van der Waals surface area contributed by atoms with Gasteiger partial charge in [-0.05, 0) is 34.9 Å². The Morgan fingerprint density at radius 3 is 2.68 bits per heavy atom. The highest BCUT2D eigenvalue weighted by Gasteiger charge is 2.23. The van der Waals surface area contributed by atoms with Crippen molar-refractivity contribution in [3.8, 4) is 11.1 Å². The van der Waals surface area contributed by atoms with E-state index in [1.807, 2.05) is 30.3 Å². The molecule has 1 saturated heterocycles. The lowest BCUT2D eigenvalue weighted by molar-refractivity contribution is -0.124. The van der Waals surface area contributed by atoms with Crippen molar-refractivity contribution < 1.29 is 4.79 Å². The maximum atomic E-state index is 11.9. The number of rotatable bonds is 2. The fourth-order valence-electron chi connectivity index (χ4n) is 2.31. The lowest BCUT2D eigenvalue weighted by atomic mass is 9.99. The van der Waals surface area contributed by atoms with Crippen molar-refractivity contribution >= 4 is 5.91 Å². The molecular weight excluding hydrogens is 238 g/mol. The van der Waals surface area contributed by atoms with Crippen LogP contribution in [-0.4, -0.2) is 24.0 Å². The number of piperazine rings is 1. The van der Waals surface area contributed by atoms with E-state index in [9.17, 15) is 4.79 Å². The van der Waals surface area contributed by atoms with Gasteiger partial charge >= 0.3 is 0 Å². The van der Waals surface area contributed by atoms with Crippen LogP contribution in [0.3, 0.4) is 0 Å². The highest BCUT2D eigenvalue weighted by molar-refractivity contribution is 5.84. The van der Waals surface area contributed by atoms with E-state index in [2.05, 4.69) is 21.7 Å². The molecule has 4 nitrogen and oxygen atoms in total. The Labute approximate surface area is 111 Å². The summed E-state index contributed by atoms with van der Waals surface area (Å²) in [5.41, 5.74) is 3.19. The van der Waals surface area contributed by atoms with Crippen molar-refractivity contribution in [2.24, 2.45) is 0 Å². The second kappa shape index (κ2) is 5.20. The molecule has 0 spiro atoms. The maximum Gasteiger partial charge on any atom is 0.241 e. The number of hydrogen-bond donors (Lipinski definition) is 2. The molecule has 2 aromatic rings. The Balaban J connectivity index is 1.94. The number of nitrogens with zero attached hydrogens (tertiary/aromatic N) is 1. The number of carbonyl (C=O) groups excluding carboxylic acids is 1. The van der Waals surface area contributed by atoms with E-state index in [1.54, 1.807) is 12.4 Å². The summed E-state index contributed by atoms with van der Waals surface area (Å²) in [6.07, 6.45) is 3.54. The molecule has 2 N–H and O–H groups in total. The van der Waals surface area contributed by atoms with Gasteiger partial charge in [-0.1, -0.05) is 18.2 Å². The second-order valence-corrected chi connectivity index (χ2v) is 4.54. The predicted octanol–water partition coefficient (Wildman–Crippen LogP) is 1.51. The first-order chi connectivity index (χ1) is 9.34. The smallest absolute Gasteiger partial charge is 0.241 e. The molecule has 0 aliphatic carbocycles. The van der Waals surface area contributed by atoms with Crippen molar-refractivity contribution in [3.63, 3.8) is 0 Å². The summed E-state index contributed by atoms with van der Waals surface area (Å²) in [6, 6.07) is 11.7. The quantitative estimate of drug-likeness (QED) is 0.853. The van der Waals surface area contributed by atoms with Crippen LogP contribution in [0.2, 0.25) is 0 Å². The van der Waals surface area contributed by atoms with Crippen molar-refractivity contribution in [1.29, 1.82) is 0 Å². The van der Waals surface area contributed by atoms with Crippen LogP contribution in [0.1, 0.15) is 11.6 Å². The van der Waals surface area contributed by atoms with E-state index in [0.717, 1.165) is 23.2 Å². The number of aromatic nitrogens is 1. The zero-order chi connectivity index (χ0) is 13.1. The van der Waals surface area contributed by atoms with Crippen molar-refractivity contribution in [2.75, 3.05) is 13.1 Å². The molecule has 1 atom stereocenters. The third-order valence-electron chi connectivity index (χ3n) is 3.27. The highest BCUT2D eigenvalue weighted by Crippen LogP contribution is 2.23. The lowest BCUT2D eigenvalue weighted by Crippen LogP contribution is -2.47. The number of amides is 1. The SMILES string of the molecule is O=C1NCCNC1c1cccc(-c2ccncc2)c1. The summed E-state index contributed by atoms with van der Waals surface area (Å²) in [4.78, 5) is 15.9. The van der Waals surface area contributed by atoms with Crippen molar-refractivity contribution in [2.45, 2.75) is 6.04 Å². The van der Waals surface area contributed by atoms with Crippen LogP contribution in [0.15, 0.2) is 48.8 Å². The first-order valence-corrected chi connectivity index (χ1v) is 6.36. The average molecular weight is 253 g/mol. The zero-order valence-corrected chi connectivity index (χ0v) is 10.5. The van der Waals surface area contributed by atoms with Gasteiger partial charge in [0.15, 0.2) is 0 Å². The summed E-state index contributed by atoms with van der Waals surface area (Å²) in [5, 5.41) is 6.12. The maximum absolute atomic E-state index is 11.9. The van der Waals surface area contributed by atoms with E-state index in [1.165, 1.54) is 0 Å². The fraction of sp³-hybridized carbons (Fsp3) is 0.200. The minimum atomic E-state index is -0.254. The minimum Gasteiger partial charge on any atom is -0.353 e. The number of carbonyl (C=O) groups is 1. The third kappa shape index (κ3) is 2.48. The van der Waals surface area contributed by atoms with E-state index in [0.29, 0.717) is 6.54 Å². The number of pyridine rings is 1. The Kier molecular flexibility index (Phi) is 3.25. The molecule has 1 fully saturated rings. The van der Waals surface area contributed by atoms with Crippen LogP contribution in [0, 0.1) is 0 Å². The molecule has 0 bridgehead atoms. The van der Waals surface area contributed by atoms with Gasteiger partial charge in [0, 0.05) is 25.5 Å². The summed E-state index contributed by atoms with van der Waals surface area (Å²) in [5.74, 6) is 0.0399. The summed E-state index contributed by atoms with van der Waals surface area (Å²) in [6.45, 7) is 1.50. The van der Waals surface area contributed by atoms with Crippen LogP contribution in [0.5, 0.6) is 0 Å². The van der Waals surface area contributed by atoms with Gasteiger partial charge in [-0.2, -0.15) is 0 Å². The van der Waals surface area contributed by atoms with E-state index >= 15 is 0 Å². The second-order valence-electron chi connectivity index (χ2n) is 4.54. The van der Waals surface area contributed by atoms with Crippen LogP contribution in [0.4, 0.5) is 0 Å². The summed E-state index contributed by atoms with van der Waals surface area (Å²) >= 11 is 0. The van der Waals surface area contributed by atoms with Gasteiger partial charge in [0.25, 0.3) is 0 Å². The Hall–Kier alpha value is -2.20. The molecule has 19 heavy (non-hydrogen) atoms. The molecule has 3 rings (SSSR count). The Morgan fingerprint density at radius 1 is 1.05 bits per heavy atom. The molecule has 1 aromatic carbocycles. The largest absolute Gasteiger partial charge is 0.353 e. The fourth-order valence-corrected chi connectivity index (χ4v) is 2.31. The van der Waals surface area contributed by atoms with Crippen LogP contribution in [-0.2, 0) is 4.79 Å². The normalized spacial score (nSPS) is 18.9. The van der Waals surface area contributed by atoms with Crippen molar-refractivity contribution in [3.05, 3.63) is 54.4 Å². The van der Waals surface area contributed by atoms with E-state index in [4.69, 9.17) is 0 Å². The lowest BCUT2D eigenvalue weighted by Gasteiger charge is -2.24. The number of hydrogen-bond acceptors (Lipinski definition) is 3. The van der Waals surface area contributed by atoms with Crippen LogP contribution >= 0.6 is 0 Å². The Bertz CT molecular complexity index is 583. The van der Waals surface area contributed by atoms with Crippen LogP contribution in [0.25, 0.3) is 11.1 Å². The van der Waals surface area contributed by atoms with Gasteiger partial charge in [-0.3, -0.25) is 9.78 Å². The van der Waals surface area contributed by atoms with E-state index < -0.39 is 0 Å². The topological polar surface area (TPSA) is 54.0 Å². The molecular formula is C15H15N3O. The third-order valence-corrected chi connectivity index (χ3v) is 3.27. The predicted molar refractivity (Wildman–Crippen MR) is 73.4 cm³/mol. The zero-order valence-electron chi connectivity index (χ0n) is 10.5. The molecule has 1 aliphatic heterocycles. The van der Waals surface area contributed by atoms with Gasteiger partial charge in [0.1, 0.15) is 6.04 Å². The first-order valence-electron chi connectivity index (χ1n) is 6.36. The molecule has 2 heterocycles. The van der Waals surface area contributed by atoms with Gasteiger partial charge in [-0.25, -0.2) is 0 Å². The standard InChI is InChI=1S/C15H15N3O/c19-15-14(17-8-9-18-15)13-3-1-2-12(10-13)11-4-6-16-7-5-11/h1-7,10,14,17H,8-9H2,(H,18,19). The van der Waals surface area contributed by atoms with E-state index in [-0.39, 0.29) is 11.9 Å². The Morgan fingerprint density at radius 2 is 1.89 bits per heavy atom. The molecule has 96 valence electrons. The molecule has 1 amide bonds. The number of nitrogens with one attached hydrogen (secondary N) is 2. The molecule has 4 heteroatoms. The first kappa shape index (κ1) is 11.9. The van der Waals surface area contributed by atoms with Gasteiger partial charge in [0.2, 0.25) is 5.91 Å². The average Bonchev–Trinajstić information content (AvgIpc) is 2.49. The highest BCUT2D eigenvalue weighted by atomic mass is 16.2. The van der Waals surface area contributed by atoms with Gasteiger partial charge in [0.05, 0.1) is 0 Å².